The summed E-state index contributed by atoms with van der Waals surface area (Å²) < 4.78 is 1.90. The molecule has 0 unspecified atom stereocenters. The van der Waals surface area contributed by atoms with Crippen molar-refractivity contribution in [1.82, 2.24) is 19.6 Å². The van der Waals surface area contributed by atoms with Crippen LogP contribution in [0.3, 0.4) is 0 Å². The van der Waals surface area contributed by atoms with Crippen LogP contribution in [0.4, 0.5) is 0 Å². The molecule has 3 heterocycles. The number of hydrogen-bond donors (Lipinski definition) is 2. The molecule has 8 rings (SSSR count). The molecule has 0 aliphatic heterocycles. The van der Waals surface area contributed by atoms with E-state index in [-0.39, 0.29) is 0 Å². The average molecular weight is 488 g/mol. The van der Waals surface area contributed by atoms with Gasteiger partial charge in [-0.15, -0.1) is 0 Å². The highest BCUT2D eigenvalue weighted by Gasteiger charge is 2.58. The summed E-state index contributed by atoms with van der Waals surface area (Å²) in [4.78, 5) is 9.90. The van der Waals surface area contributed by atoms with Crippen molar-refractivity contribution in [3.8, 4) is 22.4 Å². The first kappa shape index (κ1) is 21.5. The number of fused-ring (bicyclic) bond motifs is 3. The molecule has 3 aromatic heterocycles. The summed E-state index contributed by atoms with van der Waals surface area (Å²) in [5.41, 5.74) is 13.7. The fraction of sp³-hybridized carbons (Fsp3) is 0.323. The lowest BCUT2D eigenvalue weighted by Gasteiger charge is -2.52. The van der Waals surface area contributed by atoms with Crippen LogP contribution in [0.25, 0.3) is 39.1 Å². The van der Waals surface area contributed by atoms with Crippen molar-refractivity contribution in [2.75, 3.05) is 0 Å². The second kappa shape index (κ2) is 7.46. The number of aliphatic hydroxyl groups is 1. The van der Waals surface area contributed by atoms with Crippen molar-refractivity contribution in [2.45, 2.75) is 55.6 Å². The van der Waals surface area contributed by atoms with E-state index >= 15 is 0 Å². The first-order valence-corrected chi connectivity index (χ1v) is 13.4. The number of pyridine rings is 1. The minimum absolute atomic E-state index is 0.438. The molecule has 5 aromatic rings. The van der Waals surface area contributed by atoms with E-state index in [0.717, 1.165) is 63.2 Å². The van der Waals surface area contributed by atoms with Crippen molar-refractivity contribution in [2.24, 2.45) is 11.7 Å². The zero-order valence-corrected chi connectivity index (χ0v) is 20.6. The van der Waals surface area contributed by atoms with Gasteiger partial charge in [0.05, 0.1) is 17.0 Å². The maximum absolute atomic E-state index is 10.9. The van der Waals surface area contributed by atoms with Crippen molar-refractivity contribution < 1.29 is 5.11 Å². The van der Waals surface area contributed by atoms with Crippen LogP contribution in [0.15, 0.2) is 72.9 Å². The predicted molar refractivity (Wildman–Crippen MR) is 144 cm³/mol. The molecule has 0 amide bonds. The Bertz CT molecular complexity index is 1660. The van der Waals surface area contributed by atoms with Gasteiger partial charge in [-0.1, -0.05) is 54.6 Å². The molecule has 0 radical (unpaired) electrons. The van der Waals surface area contributed by atoms with Crippen LogP contribution in [0.5, 0.6) is 0 Å². The Morgan fingerprint density at radius 1 is 0.892 bits per heavy atom. The van der Waals surface area contributed by atoms with Crippen molar-refractivity contribution in [3.05, 3.63) is 84.2 Å². The van der Waals surface area contributed by atoms with Crippen LogP contribution in [-0.2, 0) is 5.54 Å². The fourth-order valence-electron chi connectivity index (χ4n) is 6.31. The number of rotatable bonds is 5. The van der Waals surface area contributed by atoms with Crippen molar-refractivity contribution in [3.63, 3.8) is 0 Å². The van der Waals surface area contributed by atoms with Gasteiger partial charge in [0.1, 0.15) is 0 Å². The van der Waals surface area contributed by atoms with Gasteiger partial charge in [-0.3, -0.25) is 0 Å². The zero-order valence-electron chi connectivity index (χ0n) is 20.6. The van der Waals surface area contributed by atoms with E-state index < -0.39 is 11.1 Å². The summed E-state index contributed by atoms with van der Waals surface area (Å²) in [7, 11) is 0. The van der Waals surface area contributed by atoms with Gasteiger partial charge in [-0.25, -0.2) is 9.97 Å². The Balaban J connectivity index is 1.24. The minimum atomic E-state index is -0.573. The first-order chi connectivity index (χ1) is 18.0. The molecule has 3 aliphatic carbocycles. The molecular formula is C31H29N5O. The fourth-order valence-corrected chi connectivity index (χ4v) is 6.31. The molecule has 184 valence electrons. The summed E-state index contributed by atoms with van der Waals surface area (Å²) in [5.74, 6) is 0.993. The number of nitrogens with zero attached hydrogens (tertiary/aromatic N) is 4. The molecule has 3 saturated carbocycles. The number of hydrogen-bond acceptors (Lipinski definition) is 5. The Kier molecular flexibility index (Phi) is 4.33. The van der Waals surface area contributed by atoms with Gasteiger partial charge >= 0.3 is 0 Å². The summed E-state index contributed by atoms with van der Waals surface area (Å²) in [6.45, 7) is 0. The lowest BCUT2D eigenvalue weighted by molar-refractivity contribution is -0.106. The lowest BCUT2D eigenvalue weighted by atomic mass is 9.60. The highest BCUT2D eigenvalue weighted by atomic mass is 16.3. The Hall–Kier alpha value is -3.61. The normalized spacial score (nSPS) is 25.5. The van der Waals surface area contributed by atoms with E-state index in [4.69, 9.17) is 15.8 Å². The molecule has 3 N–H and O–H groups in total. The maximum Gasteiger partial charge on any atom is 0.165 e. The molecular weight excluding hydrogens is 458 g/mol. The van der Waals surface area contributed by atoms with E-state index in [0.29, 0.717) is 24.7 Å². The second-order valence-corrected chi connectivity index (χ2v) is 11.5. The van der Waals surface area contributed by atoms with Crippen LogP contribution >= 0.6 is 0 Å². The van der Waals surface area contributed by atoms with Gasteiger partial charge in [-0.05, 0) is 61.6 Å². The van der Waals surface area contributed by atoms with E-state index in [9.17, 15) is 5.11 Å². The largest absolute Gasteiger partial charge is 0.389 e. The maximum atomic E-state index is 10.9. The SMILES string of the molecule is NC1(c2ccc(-c3nc4c(cnc5cc(C6CC6)nn54)cc3-c3ccccc3)cc2)CC(O)(C2CC2)C1. The molecule has 0 spiro atoms. The van der Waals surface area contributed by atoms with Crippen LogP contribution in [0.1, 0.15) is 55.7 Å². The summed E-state index contributed by atoms with van der Waals surface area (Å²) in [6.07, 6.45) is 7.84. The predicted octanol–water partition coefficient (Wildman–Crippen LogP) is 5.58. The van der Waals surface area contributed by atoms with Gasteiger partial charge in [0.2, 0.25) is 0 Å². The minimum Gasteiger partial charge on any atom is -0.389 e. The number of benzene rings is 2. The topological polar surface area (TPSA) is 89.3 Å². The smallest absolute Gasteiger partial charge is 0.165 e. The molecule has 3 fully saturated rings. The van der Waals surface area contributed by atoms with Crippen molar-refractivity contribution >= 4 is 16.7 Å². The molecule has 6 heteroatoms. The first-order valence-electron chi connectivity index (χ1n) is 13.4. The monoisotopic (exact) mass is 487 g/mol. The van der Waals surface area contributed by atoms with Gasteiger partial charge in [0.15, 0.2) is 11.3 Å². The third-order valence-corrected chi connectivity index (χ3v) is 8.67. The second-order valence-electron chi connectivity index (χ2n) is 11.5. The highest BCUT2D eigenvalue weighted by molar-refractivity contribution is 5.90. The van der Waals surface area contributed by atoms with Crippen LogP contribution in [0.2, 0.25) is 0 Å². The van der Waals surface area contributed by atoms with Gasteiger partial charge < -0.3 is 10.8 Å². The van der Waals surface area contributed by atoms with Crippen LogP contribution < -0.4 is 5.73 Å². The zero-order chi connectivity index (χ0) is 24.8. The lowest BCUT2D eigenvalue weighted by Crippen LogP contribution is -2.60. The standard InChI is InChI=1S/C31H29N5O/c32-30(17-31(37,18-30)24-12-13-24)23-10-8-21(9-11-23)28-25(19-4-2-1-3-5-19)14-22-16-33-27-15-26(20-6-7-20)35-36(27)29(22)34-28/h1-5,8-11,14-16,20,24,37H,6-7,12-13,17-18,32H2. The third-order valence-electron chi connectivity index (χ3n) is 8.67. The van der Waals surface area contributed by atoms with E-state index in [1.165, 1.54) is 12.8 Å². The molecule has 2 aromatic carbocycles. The third kappa shape index (κ3) is 3.43. The Labute approximate surface area is 215 Å². The Morgan fingerprint density at radius 2 is 1.65 bits per heavy atom. The Morgan fingerprint density at radius 3 is 2.35 bits per heavy atom. The highest BCUT2D eigenvalue weighted by Crippen LogP contribution is 2.57. The number of aromatic nitrogens is 4. The molecule has 0 bridgehead atoms. The van der Waals surface area contributed by atoms with E-state index in [2.05, 4.69) is 65.6 Å². The molecule has 6 nitrogen and oxygen atoms in total. The van der Waals surface area contributed by atoms with Gasteiger partial charge in [-0.2, -0.15) is 9.61 Å². The van der Waals surface area contributed by atoms with Gasteiger partial charge in [0.25, 0.3) is 0 Å². The van der Waals surface area contributed by atoms with Crippen LogP contribution in [0, 0.1) is 5.92 Å². The molecule has 3 aliphatic rings. The average Bonchev–Trinajstić information content (AvgIpc) is 3.84. The van der Waals surface area contributed by atoms with Crippen LogP contribution in [-0.4, -0.2) is 30.3 Å². The quantitative estimate of drug-likeness (QED) is 0.338. The summed E-state index contributed by atoms with van der Waals surface area (Å²) >= 11 is 0. The molecule has 0 atom stereocenters. The van der Waals surface area contributed by atoms with Crippen molar-refractivity contribution in [1.29, 1.82) is 0 Å². The number of nitrogens with two attached hydrogens (primary N) is 1. The molecule has 37 heavy (non-hydrogen) atoms. The van der Waals surface area contributed by atoms with E-state index in [1.807, 2.05) is 16.8 Å². The van der Waals surface area contributed by atoms with Gasteiger partial charge in [0, 0.05) is 40.2 Å². The van der Waals surface area contributed by atoms with E-state index in [1.54, 1.807) is 0 Å². The summed E-state index contributed by atoms with van der Waals surface area (Å²) in [5, 5.41) is 16.7. The molecule has 0 saturated heterocycles. The summed E-state index contributed by atoms with van der Waals surface area (Å²) in [6, 6.07) is 23.1.